The Bertz CT molecular complexity index is 463. The quantitative estimate of drug-likeness (QED) is 0.895. The maximum atomic E-state index is 11.0. The molecule has 104 valence electrons. The fraction of sp³-hybridized carbons (Fsp3) is 0.500. The van der Waals surface area contributed by atoms with Crippen LogP contribution < -0.4 is 4.90 Å². The van der Waals surface area contributed by atoms with Gasteiger partial charge >= 0.3 is 5.97 Å². The van der Waals surface area contributed by atoms with E-state index in [2.05, 4.69) is 4.90 Å². The van der Waals surface area contributed by atoms with Gasteiger partial charge in [-0.25, -0.2) is 4.79 Å². The molecule has 1 fully saturated rings. The first-order valence-corrected chi connectivity index (χ1v) is 6.21. The summed E-state index contributed by atoms with van der Waals surface area (Å²) in [6.45, 7) is 3.31. The van der Waals surface area contributed by atoms with Crippen LogP contribution in [0.3, 0.4) is 0 Å². The zero-order valence-electron chi connectivity index (χ0n) is 11.4. The molecule has 1 heterocycles. The van der Waals surface area contributed by atoms with Crippen LogP contribution in [0.25, 0.3) is 0 Å². The van der Waals surface area contributed by atoms with Crippen molar-refractivity contribution in [2.75, 3.05) is 32.2 Å². The molecule has 2 atom stereocenters. The van der Waals surface area contributed by atoms with E-state index < -0.39 is 5.97 Å². The van der Waals surface area contributed by atoms with Crippen LogP contribution in [0, 0.1) is 6.92 Å². The molecule has 1 aromatic rings. The average molecular weight is 265 g/mol. The summed E-state index contributed by atoms with van der Waals surface area (Å²) in [6, 6.07) is 5.38. The van der Waals surface area contributed by atoms with E-state index in [1.807, 2.05) is 19.1 Å². The van der Waals surface area contributed by atoms with Gasteiger partial charge in [0.15, 0.2) is 0 Å². The zero-order valence-corrected chi connectivity index (χ0v) is 11.4. The van der Waals surface area contributed by atoms with E-state index in [-0.39, 0.29) is 12.2 Å². The van der Waals surface area contributed by atoms with E-state index in [1.165, 1.54) is 0 Å². The number of carboxylic acid groups (broad SMARTS) is 1. The molecule has 0 saturated carbocycles. The first-order chi connectivity index (χ1) is 9.06. The number of aromatic carboxylic acids is 1. The molecule has 0 aromatic heterocycles. The monoisotopic (exact) mass is 265 g/mol. The lowest BCUT2D eigenvalue weighted by Gasteiger charge is -2.19. The number of methoxy groups -OCH3 is 2. The van der Waals surface area contributed by atoms with Gasteiger partial charge in [-0.3, -0.25) is 0 Å². The van der Waals surface area contributed by atoms with Gasteiger partial charge in [0.2, 0.25) is 0 Å². The number of hydrogen-bond acceptors (Lipinski definition) is 4. The molecular weight excluding hydrogens is 246 g/mol. The summed E-state index contributed by atoms with van der Waals surface area (Å²) in [4.78, 5) is 13.2. The molecule has 2 rings (SSSR count). The van der Waals surface area contributed by atoms with Gasteiger partial charge in [0.25, 0.3) is 0 Å². The van der Waals surface area contributed by atoms with Crippen LogP contribution in [-0.4, -0.2) is 50.6 Å². The van der Waals surface area contributed by atoms with Gasteiger partial charge in [0.05, 0.1) is 5.56 Å². The standard InChI is InChI=1S/C14H19NO4/c1-9-6-10(4-5-11(9)14(16)17)15-7-12(18-2)13(8-15)19-3/h4-6,12-13H,7-8H2,1-3H3,(H,16,17). The fourth-order valence-electron chi connectivity index (χ4n) is 2.49. The minimum absolute atomic E-state index is 0.0458. The smallest absolute Gasteiger partial charge is 0.335 e. The second-order valence-electron chi connectivity index (χ2n) is 4.76. The number of nitrogens with zero attached hydrogens (tertiary/aromatic N) is 1. The Balaban J connectivity index is 2.20. The zero-order chi connectivity index (χ0) is 14.0. The summed E-state index contributed by atoms with van der Waals surface area (Å²) >= 11 is 0. The number of hydrogen-bond donors (Lipinski definition) is 1. The van der Waals surface area contributed by atoms with Crippen molar-refractivity contribution in [3.63, 3.8) is 0 Å². The van der Waals surface area contributed by atoms with Crippen molar-refractivity contribution in [1.29, 1.82) is 0 Å². The van der Waals surface area contributed by atoms with Crippen LogP contribution in [0.1, 0.15) is 15.9 Å². The lowest BCUT2D eigenvalue weighted by molar-refractivity contribution is -0.00461. The van der Waals surface area contributed by atoms with Gasteiger partial charge in [-0.05, 0) is 30.7 Å². The number of carbonyl (C=O) groups is 1. The molecule has 2 unspecified atom stereocenters. The SMILES string of the molecule is COC1CN(c2ccc(C(=O)O)c(C)c2)CC1OC. The first kappa shape index (κ1) is 13.8. The van der Waals surface area contributed by atoms with E-state index in [0.29, 0.717) is 5.56 Å². The van der Waals surface area contributed by atoms with Gasteiger partial charge in [0.1, 0.15) is 12.2 Å². The van der Waals surface area contributed by atoms with Crippen LogP contribution in [0.4, 0.5) is 5.69 Å². The molecule has 1 saturated heterocycles. The fourth-order valence-corrected chi connectivity index (χ4v) is 2.49. The number of benzene rings is 1. The van der Waals surface area contributed by atoms with Gasteiger partial charge in [-0.2, -0.15) is 0 Å². The summed E-state index contributed by atoms with van der Waals surface area (Å²) in [7, 11) is 3.36. The Labute approximate surface area is 112 Å². The van der Waals surface area contributed by atoms with Gasteiger partial charge < -0.3 is 19.5 Å². The topological polar surface area (TPSA) is 59.0 Å². The van der Waals surface area contributed by atoms with Crippen molar-refractivity contribution >= 4 is 11.7 Å². The highest BCUT2D eigenvalue weighted by molar-refractivity contribution is 5.89. The van der Waals surface area contributed by atoms with E-state index >= 15 is 0 Å². The van der Waals surface area contributed by atoms with Crippen molar-refractivity contribution in [3.05, 3.63) is 29.3 Å². The minimum atomic E-state index is -0.894. The molecule has 5 nitrogen and oxygen atoms in total. The van der Waals surface area contributed by atoms with Gasteiger partial charge in [-0.1, -0.05) is 0 Å². The predicted octanol–water partition coefficient (Wildman–Crippen LogP) is 1.54. The average Bonchev–Trinajstić information content (AvgIpc) is 2.81. The Morgan fingerprint density at radius 3 is 2.26 bits per heavy atom. The normalized spacial score (nSPS) is 22.8. The molecule has 0 aliphatic carbocycles. The minimum Gasteiger partial charge on any atom is -0.478 e. The van der Waals surface area contributed by atoms with E-state index in [0.717, 1.165) is 24.3 Å². The Morgan fingerprint density at radius 2 is 1.84 bits per heavy atom. The first-order valence-electron chi connectivity index (χ1n) is 6.21. The molecular formula is C14H19NO4. The van der Waals surface area contributed by atoms with Crippen LogP contribution in [0.2, 0.25) is 0 Å². The molecule has 0 amide bonds. The van der Waals surface area contributed by atoms with Gasteiger partial charge in [-0.15, -0.1) is 0 Å². The van der Waals surface area contributed by atoms with Crippen LogP contribution >= 0.6 is 0 Å². The molecule has 0 bridgehead atoms. The second kappa shape index (κ2) is 5.59. The molecule has 1 aromatic carbocycles. The third-order valence-corrected chi connectivity index (χ3v) is 3.63. The van der Waals surface area contributed by atoms with E-state index in [1.54, 1.807) is 20.3 Å². The Hall–Kier alpha value is -1.59. The van der Waals surface area contributed by atoms with Crippen LogP contribution in [0.5, 0.6) is 0 Å². The molecule has 19 heavy (non-hydrogen) atoms. The molecule has 1 aliphatic heterocycles. The molecule has 5 heteroatoms. The Morgan fingerprint density at radius 1 is 1.26 bits per heavy atom. The largest absolute Gasteiger partial charge is 0.478 e. The lowest BCUT2D eigenvalue weighted by Crippen LogP contribution is -2.27. The van der Waals surface area contributed by atoms with E-state index in [4.69, 9.17) is 14.6 Å². The van der Waals surface area contributed by atoms with Crippen molar-refractivity contribution in [2.24, 2.45) is 0 Å². The lowest BCUT2D eigenvalue weighted by atomic mass is 10.1. The summed E-state index contributed by atoms with van der Waals surface area (Å²) in [5.74, 6) is -0.894. The molecule has 1 N–H and O–H groups in total. The summed E-state index contributed by atoms with van der Waals surface area (Å²) in [6.07, 6.45) is 0.0916. The Kier molecular flexibility index (Phi) is 4.07. The summed E-state index contributed by atoms with van der Waals surface area (Å²) < 4.78 is 10.8. The van der Waals surface area contributed by atoms with Crippen molar-refractivity contribution in [3.8, 4) is 0 Å². The number of carboxylic acids is 1. The second-order valence-corrected chi connectivity index (χ2v) is 4.76. The maximum absolute atomic E-state index is 11.0. The number of rotatable bonds is 4. The van der Waals surface area contributed by atoms with Crippen LogP contribution in [-0.2, 0) is 9.47 Å². The third kappa shape index (κ3) is 2.72. The highest BCUT2D eigenvalue weighted by Gasteiger charge is 2.33. The summed E-state index contributed by atoms with van der Waals surface area (Å²) in [5, 5.41) is 9.03. The van der Waals surface area contributed by atoms with E-state index in [9.17, 15) is 4.79 Å². The molecule has 0 radical (unpaired) electrons. The number of ether oxygens (including phenoxy) is 2. The molecule has 0 spiro atoms. The van der Waals surface area contributed by atoms with Crippen molar-refractivity contribution in [1.82, 2.24) is 0 Å². The predicted molar refractivity (Wildman–Crippen MR) is 71.9 cm³/mol. The highest BCUT2D eigenvalue weighted by Crippen LogP contribution is 2.25. The van der Waals surface area contributed by atoms with Crippen molar-refractivity contribution in [2.45, 2.75) is 19.1 Å². The van der Waals surface area contributed by atoms with Crippen molar-refractivity contribution < 1.29 is 19.4 Å². The molecule has 1 aliphatic rings. The number of aryl methyl sites for hydroxylation is 1. The number of anilines is 1. The van der Waals surface area contributed by atoms with Gasteiger partial charge in [0, 0.05) is 33.0 Å². The maximum Gasteiger partial charge on any atom is 0.335 e. The highest BCUT2D eigenvalue weighted by atomic mass is 16.5. The van der Waals surface area contributed by atoms with Crippen LogP contribution in [0.15, 0.2) is 18.2 Å². The summed E-state index contributed by atoms with van der Waals surface area (Å²) in [5.41, 5.74) is 2.11. The third-order valence-electron chi connectivity index (χ3n) is 3.63.